The molecule has 0 atom stereocenters. The Bertz CT molecular complexity index is 33.2. The van der Waals surface area contributed by atoms with Crippen molar-refractivity contribution in [2.45, 2.75) is 26.3 Å². The van der Waals surface area contributed by atoms with Crippen molar-refractivity contribution >= 4 is 0 Å². The number of nitrogens with one attached hydrogen (secondary N) is 1. The summed E-state index contributed by atoms with van der Waals surface area (Å²) in [6, 6.07) is 0.573. The molecule has 7 heavy (non-hydrogen) atoms. The summed E-state index contributed by atoms with van der Waals surface area (Å²) < 4.78 is 0. The first-order valence-electron chi connectivity index (χ1n) is 2.71. The highest BCUT2D eigenvalue weighted by molar-refractivity contribution is 4.52. The molecule has 0 rings (SSSR count). The van der Waals surface area contributed by atoms with E-state index < -0.39 is 0 Å². The molecule has 0 aliphatic heterocycles. The Hall–Kier alpha value is -0.0400. The van der Waals surface area contributed by atoms with Crippen LogP contribution in [-0.4, -0.2) is 12.6 Å². The van der Waals surface area contributed by atoms with Gasteiger partial charge in [-0.2, -0.15) is 0 Å². The molecular weight excluding hydrogens is 86.1 g/mol. The molecule has 0 unspecified atom stereocenters. The molecule has 0 fully saturated rings. The quantitative estimate of drug-likeness (QED) is 0.558. The lowest BCUT2D eigenvalue weighted by Gasteiger charge is -2.03. The first-order valence-corrected chi connectivity index (χ1v) is 2.71. The van der Waals surface area contributed by atoms with Crippen molar-refractivity contribution in [2.24, 2.45) is 0 Å². The van der Waals surface area contributed by atoms with Gasteiger partial charge in [-0.15, -0.1) is 0 Å². The Labute approximate surface area is 46.1 Å². The summed E-state index contributed by atoms with van der Waals surface area (Å²) in [5.74, 6) is 0. The lowest BCUT2D eigenvalue weighted by atomic mass is 10.4. The maximum absolute atomic E-state index is 5.21. The standard InChI is InChI=1S/C6H13N/c1-4-5-7-6(2)3/h1,6-7H,4-5H2,2-3H3. The van der Waals surface area contributed by atoms with E-state index in [1.165, 1.54) is 0 Å². The lowest BCUT2D eigenvalue weighted by molar-refractivity contribution is 0.594. The fraction of sp³-hybridized carbons (Fsp3) is 0.833. The predicted molar refractivity (Wildman–Crippen MR) is 32.1 cm³/mol. The van der Waals surface area contributed by atoms with Crippen LogP contribution in [0.2, 0.25) is 0 Å². The van der Waals surface area contributed by atoms with E-state index in [4.69, 9.17) is 6.92 Å². The number of rotatable bonds is 3. The number of hydrogen-bond donors (Lipinski definition) is 1. The van der Waals surface area contributed by atoms with Crippen LogP contribution in [0.1, 0.15) is 20.3 Å². The zero-order valence-corrected chi connectivity index (χ0v) is 5.07. The molecule has 1 N–H and O–H groups in total. The third-order valence-corrected chi connectivity index (χ3v) is 0.697. The topological polar surface area (TPSA) is 12.0 Å². The SMILES string of the molecule is [CH]CCNC(C)C. The Kier molecular flexibility index (Phi) is 4.10. The minimum absolute atomic E-state index is 0.573. The molecule has 1 nitrogen and oxygen atoms in total. The summed E-state index contributed by atoms with van der Waals surface area (Å²) in [5.41, 5.74) is 0. The van der Waals surface area contributed by atoms with E-state index >= 15 is 0 Å². The molecule has 0 aliphatic rings. The van der Waals surface area contributed by atoms with Crippen LogP contribution >= 0.6 is 0 Å². The van der Waals surface area contributed by atoms with Gasteiger partial charge in [0.05, 0.1) is 0 Å². The minimum atomic E-state index is 0.573. The predicted octanol–water partition coefficient (Wildman–Crippen LogP) is 1.09. The Morgan fingerprint density at radius 3 is 2.29 bits per heavy atom. The molecule has 0 spiro atoms. The summed E-state index contributed by atoms with van der Waals surface area (Å²) in [4.78, 5) is 0. The zero-order valence-electron chi connectivity index (χ0n) is 5.07. The Morgan fingerprint density at radius 2 is 2.14 bits per heavy atom. The van der Waals surface area contributed by atoms with Crippen LogP contribution < -0.4 is 5.32 Å². The summed E-state index contributed by atoms with van der Waals surface area (Å²) in [6.07, 6.45) is 0.734. The van der Waals surface area contributed by atoms with E-state index in [1.54, 1.807) is 0 Å². The van der Waals surface area contributed by atoms with Gasteiger partial charge in [0.25, 0.3) is 0 Å². The third kappa shape index (κ3) is 5.96. The highest BCUT2D eigenvalue weighted by atomic mass is 14.9. The van der Waals surface area contributed by atoms with E-state index in [2.05, 4.69) is 19.2 Å². The van der Waals surface area contributed by atoms with Gasteiger partial charge >= 0.3 is 0 Å². The van der Waals surface area contributed by atoms with Gasteiger partial charge in [0.1, 0.15) is 0 Å². The van der Waals surface area contributed by atoms with Crippen LogP contribution in [0.4, 0.5) is 0 Å². The van der Waals surface area contributed by atoms with Crippen LogP contribution in [0.25, 0.3) is 0 Å². The van der Waals surface area contributed by atoms with Crippen LogP contribution in [-0.2, 0) is 0 Å². The molecule has 0 aliphatic carbocycles. The monoisotopic (exact) mass is 99.1 g/mol. The molecule has 0 aromatic heterocycles. The molecule has 0 bridgehead atoms. The van der Waals surface area contributed by atoms with Crippen molar-refractivity contribution in [1.29, 1.82) is 0 Å². The molecule has 0 saturated heterocycles. The van der Waals surface area contributed by atoms with Crippen LogP contribution in [0.3, 0.4) is 0 Å². The maximum Gasteiger partial charge on any atom is 0.00103 e. The van der Waals surface area contributed by atoms with E-state index in [1.807, 2.05) is 0 Å². The fourth-order valence-corrected chi connectivity index (χ4v) is 0.372. The normalized spacial score (nSPS) is 10.3. The smallest absolute Gasteiger partial charge is 0.00103 e. The minimum Gasteiger partial charge on any atom is -0.315 e. The van der Waals surface area contributed by atoms with E-state index in [0.717, 1.165) is 13.0 Å². The average molecular weight is 99.2 g/mol. The van der Waals surface area contributed by atoms with Gasteiger partial charge in [-0.25, -0.2) is 0 Å². The molecule has 2 radical (unpaired) electrons. The van der Waals surface area contributed by atoms with Crippen LogP contribution in [0, 0.1) is 6.92 Å². The van der Waals surface area contributed by atoms with Gasteiger partial charge in [0.2, 0.25) is 0 Å². The van der Waals surface area contributed by atoms with Crippen molar-refractivity contribution in [3.63, 3.8) is 0 Å². The molecule has 0 amide bonds. The molecule has 0 heterocycles. The second-order valence-corrected chi connectivity index (χ2v) is 1.90. The Balaban J connectivity index is 2.68. The van der Waals surface area contributed by atoms with Gasteiger partial charge < -0.3 is 5.32 Å². The molecule has 1 heteroatoms. The van der Waals surface area contributed by atoms with Gasteiger partial charge in [-0.1, -0.05) is 13.8 Å². The van der Waals surface area contributed by atoms with Crippen LogP contribution in [0.5, 0.6) is 0 Å². The van der Waals surface area contributed by atoms with Gasteiger partial charge in [-0.05, 0) is 19.9 Å². The fourth-order valence-electron chi connectivity index (χ4n) is 0.372. The van der Waals surface area contributed by atoms with Crippen molar-refractivity contribution in [3.05, 3.63) is 6.92 Å². The van der Waals surface area contributed by atoms with Crippen molar-refractivity contribution in [3.8, 4) is 0 Å². The molecule has 0 saturated carbocycles. The third-order valence-electron chi connectivity index (χ3n) is 0.697. The summed E-state index contributed by atoms with van der Waals surface area (Å²) >= 11 is 0. The van der Waals surface area contributed by atoms with Gasteiger partial charge in [0, 0.05) is 6.04 Å². The summed E-state index contributed by atoms with van der Waals surface area (Å²) in [7, 11) is 0. The van der Waals surface area contributed by atoms with Crippen LogP contribution in [0.15, 0.2) is 0 Å². The zero-order chi connectivity index (χ0) is 5.70. The molecule has 0 aromatic carbocycles. The number of hydrogen-bond acceptors (Lipinski definition) is 1. The second kappa shape index (κ2) is 4.13. The molecule has 0 aromatic rings. The van der Waals surface area contributed by atoms with Crippen molar-refractivity contribution in [1.82, 2.24) is 5.32 Å². The largest absolute Gasteiger partial charge is 0.315 e. The van der Waals surface area contributed by atoms with E-state index in [-0.39, 0.29) is 0 Å². The van der Waals surface area contributed by atoms with Gasteiger partial charge in [-0.3, -0.25) is 0 Å². The Morgan fingerprint density at radius 1 is 1.57 bits per heavy atom. The molecule has 42 valence electrons. The highest BCUT2D eigenvalue weighted by Gasteiger charge is 1.85. The maximum atomic E-state index is 5.21. The van der Waals surface area contributed by atoms with E-state index in [0.29, 0.717) is 6.04 Å². The summed E-state index contributed by atoms with van der Waals surface area (Å²) in [5, 5.41) is 3.17. The average Bonchev–Trinajstić information content (AvgIpc) is 1.61. The first-order chi connectivity index (χ1) is 3.27. The molecular formula is C6H13N. The summed E-state index contributed by atoms with van der Waals surface area (Å²) in [6.45, 7) is 10.4. The highest BCUT2D eigenvalue weighted by Crippen LogP contribution is 1.75. The van der Waals surface area contributed by atoms with Crippen molar-refractivity contribution in [2.75, 3.05) is 6.54 Å². The van der Waals surface area contributed by atoms with Gasteiger partial charge in [0.15, 0.2) is 0 Å². The van der Waals surface area contributed by atoms with Crippen molar-refractivity contribution < 1.29 is 0 Å². The lowest BCUT2D eigenvalue weighted by Crippen LogP contribution is -2.22. The van der Waals surface area contributed by atoms with E-state index in [9.17, 15) is 0 Å². The first kappa shape index (κ1) is 6.96. The second-order valence-electron chi connectivity index (χ2n) is 1.90.